The molecule has 0 aliphatic heterocycles. The minimum Gasteiger partial charge on any atom is -0.310 e. The fourth-order valence-electron chi connectivity index (χ4n) is 9.45. The summed E-state index contributed by atoms with van der Waals surface area (Å²) in [5, 5.41) is 2.53. The van der Waals surface area contributed by atoms with E-state index in [9.17, 15) is 0 Å². The van der Waals surface area contributed by atoms with Gasteiger partial charge in [0.05, 0.1) is 21.4 Å². The molecule has 0 unspecified atom stereocenters. The molecule has 0 aliphatic carbocycles. The molecule has 65 heavy (non-hydrogen) atoms. The van der Waals surface area contributed by atoms with Crippen molar-refractivity contribution < 1.29 is 0 Å². The van der Waals surface area contributed by atoms with Crippen LogP contribution in [-0.4, -0.2) is 4.57 Å². The second-order valence-corrected chi connectivity index (χ2v) is 17.5. The highest BCUT2D eigenvalue weighted by atomic mass is 32.1. The second kappa shape index (κ2) is 16.5. The minimum atomic E-state index is 1.09. The lowest BCUT2D eigenvalue weighted by molar-refractivity contribution is 1.19. The smallest absolute Gasteiger partial charge is 0.0727 e. The van der Waals surface area contributed by atoms with Gasteiger partial charge >= 0.3 is 0 Å². The maximum absolute atomic E-state index is 2.44. The monoisotopic (exact) mass is 846 g/mol. The molecule has 0 bridgehead atoms. The highest BCUT2D eigenvalue weighted by molar-refractivity contribution is 7.27. The molecule has 10 aromatic carbocycles. The maximum atomic E-state index is 2.44. The van der Waals surface area contributed by atoms with E-state index in [0.29, 0.717) is 0 Å². The number of benzene rings is 10. The van der Waals surface area contributed by atoms with E-state index in [1.54, 1.807) is 0 Å². The molecule has 12 aromatic rings. The summed E-state index contributed by atoms with van der Waals surface area (Å²) in [7, 11) is 0. The van der Waals surface area contributed by atoms with Gasteiger partial charge in [-0.2, -0.15) is 0 Å². The van der Waals surface area contributed by atoms with Gasteiger partial charge in [-0.15, -0.1) is 11.3 Å². The van der Waals surface area contributed by atoms with Gasteiger partial charge in [0.25, 0.3) is 0 Å². The lowest BCUT2D eigenvalue weighted by Gasteiger charge is -2.28. The van der Waals surface area contributed by atoms with Crippen LogP contribution in [0, 0.1) is 0 Å². The number of nitrogens with zero attached hydrogens (tertiary/aromatic N) is 2. The van der Waals surface area contributed by atoms with Gasteiger partial charge in [0, 0.05) is 43.7 Å². The first-order chi connectivity index (χ1) is 32.2. The van der Waals surface area contributed by atoms with E-state index in [-0.39, 0.29) is 0 Å². The van der Waals surface area contributed by atoms with Gasteiger partial charge in [-0.25, -0.2) is 0 Å². The molecule has 0 saturated heterocycles. The van der Waals surface area contributed by atoms with Gasteiger partial charge in [0.15, 0.2) is 0 Å². The van der Waals surface area contributed by atoms with Crippen LogP contribution in [0.3, 0.4) is 0 Å². The van der Waals surface area contributed by atoms with Crippen LogP contribution in [0.1, 0.15) is 0 Å². The standard InChI is InChI=1S/C62H42N2S/c1-4-15-43(16-5-1)45-27-31-47(32-28-45)49-35-39-52(40-36-49)63(53-41-37-50(38-42-53)48-33-29-46(30-34-48)44-17-6-2-7-18-44)58-25-12-10-21-54(58)55-23-14-24-57-60-62(65-61(55)57)56-22-11-13-26-59(56)64(60)51-19-8-3-9-20-51/h1-42H. The van der Waals surface area contributed by atoms with E-state index >= 15 is 0 Å². The Kier molecular flexibility index (Phi) is 9.74. The van der Waals surface area contributed by atoms with E-state index in [1.165, 1.54) is 92.5 Å². The second-order valence-electron chi connectivity index (χ2n) is 16.5. The maximum Gasteiger partial charge on any atom is 0.0727 e. The molecule has 0 spiro atoms. The molecule has 0 N–H and O–H groups in total. The van der Waals surface area contributed by atoms with Crippen molar-refractivity contribution in [1.82, 2.24) is 4.57 Å². The molecule has 0 aliphatic rings. The molecule has 2 aromatic heterocycles. The Morgan fingerprint density at radius 1 is 0.292 bits per heavy atom. The van der Waals surface area contributed by atoms with E-state index in [2.05, 4.69) is 264 Å². The molecule has 12 rings (SSSR count). The Balaban J connectivity index is 0.979. The van der Waals surface area contributed by atoms with E-state index in [1.807, 2.05) is 11.3 Å². The number of anilines is 3. The average molecular weight is 847 g/mol. The van der Waals surface area contributed by atoms with Gasteiger partial charge in [0.2, 0.25) is 0 Å². The van der Waals surface area contributed by atoms with Crippen LogP contribution in [0.5, 0.6) is 0 Å². The molecule has 2 nitrogen and oxygen atoms in total. The van der Waals surface area contributed by atoms with Gasteiger partial charge < -0.3 is 9.47 Å². The average Bonchev–Trinajstić information content (AvgIpc) is 3.93. The van der Waals surface area contributed by atoms with Crippen molar-refractivity contribution in [3.63, 3.8) is 0 Å². The first-order valence-corrected chi connectivity index (χ1v) is 23.0. The summed E-state index contributed by atoms with van der Waals surface area (Å²) in [5.41, 5.74) is 19.0. The number of aromatic nitrogens is 1. The predicted molar refractivity (Wildman–Crippen MR) is 278 cm³/mol. The molecule has 306 valence electrons. The Labute approximate surface area is 383 Å². The zero-order valence-electron chi connectivity index (χ0n) is 35.6. The summed E-state index contributed by atoms with van der Waals surface area (Å²) in [6.07, 6.45) is 0. The number of thiophene rings is 1. The van der Waals surface area contributed by atoms with Crippen molar-refractivity contribution in [2.24, 2.45) is 0 Å². The van der Waals surface area contributed by atoms with Crippen LogP contribution in [0.4, 0.5) is 17.1 Å². The normalized spacial score (nSPS) is 11.4. The lowest BCUT2D eigenvalue weighted by atomic mass is 9.98. The predicted octanol–water partition coefficient (Wildman–Crippen LogP) is 17.8. The molecule has 0 radical (unpaired) electrons. The molecule has 0 saturated carbocycles. The van der Waals surface area contributed by atoms with Crippen molar-refractivity contribution in [2.75, 3.05) is 4.90 Å². The molecule has 0 atom stereocenters. The molecular weight excluding hydrogens is 805 g/mol. The number of hydrogen-bond acceptors (Lipinski definition) is 2. The summed E-state index contributed by atoms with van der Waals surface area (Å²) in [5.74, 6) is 0. The summed E-state index contributed by atoms with van der Waals surface area (Å²) in [4.78, 5) is 2.42. The van der Waals surface area contributed by atoms with Gasteiger partial charge in [-0.05, 0) is 93.0 Å². The van der Waals surface area contributed by atoms with Crippen molar-refractivity contribution >= 4 is 59.6 Å². The summed E-state index contributed by atoms with van der Waals surface area (Å²) < 4.78 is 5.03. The highest BCUT2D eigenvalue weighted by Gasteiger charge is 2.23. The van der Waals surface area contributed by atoms with Crippen LogP contribution < -0.4 is 4.90 Å². The van der Waals surface area contributed by atoms with Crippen molar-refractivity contribution in [3.05, 3.63) is 255 Å². The van der Waals surface area contributed by atoms with Crippen molar-refractivity contribution in [1.29, 1.82) is 0 Å². The SMILES string of the molecule is c1ccc(-c2ccc(-c3ccc(N(c4ccc(-c5ccc(-c6ccccc6)cc5)cc4)c4ccccc4-c4cccc5c4sc4c6ccccc6n(-c6ccccc6)c54)cc3)cc2)cc1. The van der Waals surface area contributed by atoms with Crippen LogP contribution >= 0.6 is 11.3 Å². The molecule has 0 amide bonds. The van der Waals surface area contributed by atoms with Gasteiger partial charge in [0.1, 0.15) is 0 Å². The number of fused-ring (bicyclic) bond motifs is 5. The van der Waals surface area contributed by atoms with E-state index in [4.69, 9.17) is 0 Å². The van der Waals surface area contributed by atoms with Crippen LogP contribution in [-0.2, 0) is 0 Å². The summed E-state index contributed by atoms with van der Waals surface area (Å²) in [6, 6.07) is 92.3. The Morgan fingerprint density at radius 2 is 0.692 bits per heavy atom. The fourth-order valence-corrected chi connectivity index (χ4v) is 10.8. The highest BCUT2D eigenvalue weighted by Crippen LogP contribution is 2.49. The van der Waals surface area contributed by atoms with Crippen LogP contribution in [0.25, 0.3) is 92.5 Å². The Morgan fingerprint density at radius 3 is 1.23 bits per heavy atom. The third-order valence-corrected chi connectivity index (χ3v) is 13.9. The molecular formula is C62H42N2S. The first-order valence-electron chi connectivity index (χ1n) is 22.2. The van der Waals surface area contributed by atoms with Crippen LogP contribution in [0.15, 0.2) is 255 Å². The number of para-hydroxylation sites is 3. The summed E-state index contributed by atoms with van der Waals surface area (Å²) in [6.45, 7) is 0. The topological polar surface area (TPSA) is 8.17 Å². The molecule has 0 fully saturated rings. The Hall–Kier alpha value is -8.24. The molecule has 3 heteroatoms. The molecule has 2 heterocycles. The zero-order chi connectivity index (χ0) is 43.1. The Bertz CT molecular complexity index is 3460. The quantitative estimate of drug-likeness (QED) is 0.140. The van der Waals surface area contributed by atoms with Crippen LogP contribution in [0.2, 0.25) is 0 Å². The van der Waals surface area contributed by atoms with Crippen molar-refractivity contribution in [2.45, 2.75) is 0 Å². The summed E-state index contributed by atoms with van der Waals surface area (Å²) >= 11 is 1.90. The largest absolute Gasteiger partial charge is 0.310 e. The fraction of sp³-hybridized carbons (Fsp3) is 0. The lowest BCUT2D eigenvalue weighted by Crippen LogP contribution is -2.11. The number of rotatable bonds is 9. The third-order valence-electron chi connectivity index (χ3n) is 12.7. The third kappa shape index (κ3) is 7.00. The van der Waals surface area contributed by atoms with Gasteiger partial charge in [-0.3, -0.25) is 0 Å². The van der Waals surface area contributed by atoms with E-state index in [0.717, 1.165) is 17.1 Å². The van der Waals surface area contributed by atoms with Crippen molar-refractivity contribution in [3.8, 4) is 61.3 Å². The minimum absolute atomic E-state index is 1.09. The first kappa shape index (κ1) is 38.4. The van der Waals surface area contributed by atoms with Gasteiger partial charge in [-0.1, -0.05) is 206 Å². The number of hydrogen-bond donors (Lipinski definition) is 0. The van der Waals surface area contributed by atoms with E-state index < -0.39 is 0 Å². The zero-order valence-corrected chi connectivity index (χ0v) is 36.4.